The third-order valence-corrected chi connectivity index (χ3v) is 3.97. The van der Waals surface area contributed by atoms with E-state index in [2.05, 4.69) is 0 Å². The molecule has 20 heavy (non-hydrogen) atoms. The average Bonchev–Trinajstić information content (AvgIpc) is 2.42. The summed E-state index contributed by atoms with van der Waals surface area (Å²) >= 11 is 12.2. The monoisotopic (exact) mass is 310 g/mol. The van der Waals surface area contributed by atoms with Crippen LogP contribution in [0.4, 0.5) is 0 Å². The molecule has 0 aliphatic carbocycles. The van der Waals surface area contributed by atoms with Crippen molar-refractivity contribution in [3.8, 4) is 5.75 Å². The summed E-state index contributed by atoms with van der Waals surface area (Å²) in [6.45, 7) is 1.94. The van der Waals surface area contributed by atoms with Crippen molar-refractivity contribution in [2.24, 2.45) is 0 Å². The summed E-state index contributed by atoms with van der Waals surface area (Å²) in [6, 6.07) is 10.9. The van der Waals surface area contributed by atoms with Crippen LogP contribution >= 0.6 is 23.2 Å². The fraction of sp³-hybridized carbons (Fsp3) is 0.250. The van der Waals surface area contributed by atoms with Gasteiger partial charge < -0.3 is 9.84 Å². The Morgan fingerprint density at radius 1 is 1.15 bits per heavy atom. The molecule has 106 valence electrons. The number of ether oxygens (including phenoxy) is 1. The van der Waals surface area contributed by atoms with Gasteiger partial charge >= 0.3 is 0 Å². The van der Waals surface area contributed by atoms with Gasteiger partial charge in [-0.05, 0) is 47.9 Å². The lowest BCUT2D eigenvalue weighted by Gasteiger charge is -2.15. The predicted molar refractivity (Wildman–Crippen MR) is 82.9 cm³/mol. The second-order valence-electron chi connectivity index (χ2n) is 4.65. The molecule has 0 fully saturated rings. The van der Waals surface area contributed by atoms with E-state index < -0.39 is 6.10 Å². The molecule has 1 N–H and O–H groups in total. The molecule has 2 rings (SSSR count). The van der Waals surface area contributed by atoms with Crippen LogP contribution in [-0.4, -0.2) is 12.2 Å². The smallest absolute Gasteiger partial charge is 0.121 e. The third kappa shape index (κ3) is 3.26. The standard InChI is InChI=1S/C16H16Cl2O2/c1-10-8-11(6-7-16(10)20-2)15(19)9-12-13(17)4-3-5-14(12)18/h3-8,15,19H,9H2,1-2H3. The summed E-state index contributed by atoms with van der Waals surface area (Å²) in [7, 11) is 1.63. The van der Waals surface area contributed by atoms with E-state index >= 15 is 0 Å². The number of hydrogen-bond acceptors (Lipinski definition) is 2. The van der Waals surface area contributed by atoms with Gasteiger partial charge in [-0.1, -0.05) is 35.3 Å². The Labute approximate surface area is 128 Å². The van der Waals surface area contributed by atoms with Crippen molar-refractivity contribution in [3.63, 3.8) is 0 Å². The van der Waals surface area contributed by atoms with E-state index in [9.17, 15) is 5.11 Å². The molecule has 2 aromatic rings. The van der Waals surface area contributed by atoms with E-state index in [4.69, 9.17) is 27.9 Å². The summed E-state index contributed by atoms with van der Waals surface area (Å²) in [5.74, 6) is 0.803. The lowest BCUT2D eigenvalue weighted by atomic mass is 9.99. The molecule has 2 nitrogen and oxygen atoms in total. The van der Waals surface area contributed by atoms with Crippen molar-refractivity contribution in [2.45, 2.75) is 19.4 Å². The van der Waals surface area contributed by atoms with Gasteiger partial charge in [0.25, 0.3) is 0 Å². The molecule has 0 aliphatic rings. The maximum absolute atomic E-state index is 10.4. The molecule has 0 heterocycles. The summed E-state index contributed by atoms with van der Waals surface area (Å²) < 4.78 is 5.21. The number of aliphatic hydroxyl groups is 1. The highest BCUT2D eigenvalue weighted by molar-refractivity contribution is 6.36. The van der Waals surface area contributed by atoms with Gasteiger partial charge in [-0.3, -0.25) is 0 Å². The van der Waals surface area contributed by atoms with Crippen LogP contribution in [0.15, 0.2) is 36.4 Å². The molecule has 0 radical (unpaired) electrons. The van der Waals surface area contributed by atoms with Crippen molar-refractivity contribution in [3.05, 3.63) is 63.1 Å². The Bertz CT molecular complexity index is 591. The first-order valence-electron chi connectivity index (χ1n) is 6.28. The minimum absolute atomic E-state index is 0.379. The van der Waals surface area contributed by atoms with Crippen molar-refractivity contribution in [1.82, 2.24) is 0 Å². The van der Waals surface area contributed by atoms with Gasteiger partial charge in [0, 0.05) is 16.5 Å². The molecule has 0 aromatic heterocycles. The molecular formula is C16H16Cl2O2. The first-order valence-corrected chi connectivity index (χ1v) is 7.04. The number of aliphatic hydroxyl groups excluding tert-OH is 1. The third-order valence-electron chi connectivity index (χ3n) is 3.26. The van der Waals surface area contributed by atoms with E-state index in [0.717, 1.165) is 22.4 Å². The molecule has 1 atom stereocenters. The van der Waals surface area contributed by atoms with Gasteiger partial charge in [-0.2, -0.15) is 0 Å². The lowest BCUT2D eigenvalue weighted by molar-refractivity contribution is 0.178. The molecule has 4 heteroatoms. The van der Waals surface area contributed by atoms with Crippen LogP contribution in [0, 0.1) is 6.92 Å². The van der Waals surface area contributed by atoms with E-state index in [1.54, 1.807) is 25.3 Å². The zero-order valence-electron chi connectivity index (χ0n) is 11.4. The van der Waals surface area contributed by atoms with Crippen LogP contribution < -0.4 is 4.74 Å². The van der Waals surface area contributed by atoms with Gasteiger partial charge in [0.05, 0.1) is 13.2 Å². The number of benzene rings is 2. The Hall–Kier alpha value is -1.22. The van der Waals surface area contributed by atoms with Crippen molar-refractivity contribution >= 4 is 23.2 Å². The van der Waals surface area contributed by atoms with Gasteiger partial charge in [0.1, 0.15) is 5.75 Å². The first-order chi connectivity index (χ1) is 9.52. The Morgan fingerprint density at radius 2 is 1.80 bits per heavy atom. The molecule has 0 saturated heterocycles. The number of aryl methyl sites for hydroxylation is 1. The Kier molecular flexibility index (Phi) is 4.92. The molecule has 2 aromatic carbocycles. The van der Waals surface area contributed by atoms with Crippen LogP contribution in [0.2, 0.25) is 10.0 Å². The molecule has 0 aliphatic heterocycles. The fourth-order valence-corrected chi connectivity index (χ4v) is 2.70. The van der Waals surface area contributed by atoms with Gasteiger partial charge in [0.2, 0.25) is 0 Å². The van der Waals surface area contributed by atoms with Gasteiger partial charge in [0.15, 0.2) is 0 Å². The zero-order valence-corrected chi connectivity index (χ0v) is 12.9. The molecule has 0 spiro atoms. The molecule has 0 bridgehead atoms. The first kappa shape index (κ1) is 15.2. The van der Waals surface area contributed by atoms with E-state index in [1.807, 2.05) is 25.1 Å². The van der Waals surface area contributed by atoms with E-state index in [1.165, 1.54) is 0 Å². The largest absolute Gasteiger partial charge is 0.496 e. The zero-order chi connectivity index (χ0) is 14.7. The SMILES string of the molecule is COc1ccc(C(O)Cc2c(Cl)cccc2Cl)cc1C. The van der Waals surface area contributed by atoms with Crippen LogP contribution in [0.1, 0.15) is 22.8 Å². The van der Waals surface area contributed by atoms with Crippen LogP contribution in [0.5, 0.6) is 5.75 Å². The van der Waals surface area contributed by atoms with E-state index in [0.29, 0.717) is 16.5 Å². The molecule has 1 unspecified atom stereocenters. The van der Waals surface area contributed by atoms with Gasteiger partial charge in [-0.15, -0.1) is 0 Å². The van der Waals surface area contributed by atoms with Crippen LogP contribution in [0.3, 0.4) is 0 Å². The second-order valence-corrected chi connectivity index (χ2v) is 5.46. The van der Waals surface area contributed by atoms with E-state index in [-0.39, 0.29) is 0 Å². The summed E-state index contributed by atoms with van der Waals surface area (Å²) in [5, 5.41) is 11.5. The number of rotatable bonds is 4. The lowest BCUT2D eigenvalue weighted by Crippen LogP contribution is -2.03. The molecular weight excluding hydrogens is 295 g/mol. The summed E-state index contributed by atoms with van der Waals surface area (Å²) in [6.07, 6.45) is -0.276. The maximum Gasteiger partial charge on any atom is 0.121 e. The summed E-state index contributed by atoms with van der Waals surface area (Å²) in [5.41, 5.74) is 2.56. The maximum atomic E-state index is 10.4. The minimum atomic E-state index is -0.656. The quantitative estimate of drug-likeness (QED) is 0.895. The van der Waals surface area contributed by atoms with Crippen molar-refractivity contribution in [2.75, 3.05) is 7.11 Å². The fourth-order valence-electron chi connectivity index (χ4n) is 2.15. The Morgan fingerprint density at radius 3 is 2.35 bits per heavy atom. The van der Waals surface area contributed by atoms with Crippen molar-refractivity contribution < 1.29 is 9.84 Å². The van der Waals surface area contributed by atoms with Crippen molar-refractivity contribution in [1.29, 1.82) is 0 Å². The highest BCUT2D eigenvalue weighted by atomic mass is 35.5. The predicted octanol–water partition coefficient (Wildman–Crippen LogP) is 4.59. The highest BCUT2D eigenvalue weighted by Gasteiger charge is 2.14. The number of methoxy groups -OCH3 is 1. The Balaban J connectivity index is 2.24. The van der Waals surface area contributed by atoms with Crippen LogP contribution in [-0.2, 0) is 6.42 Å². The number of hydrogen-bond donors (Lipinski definition) is 1. The topological polar surface area (TPSA) is 29.5 Å². The normalized spacial score (nSPS) is 12.2. The number of halogens is 2. The molecule has 0 amide bonds. The molecule has 0 saturated carbocycles. The van der Waals surface area contributed by atoms with Crippen LogP contribution in [0.25, 0.3) is 0 Å². The van der Waals surface area contributed by atoms with Gasteiger partial charge in [-0.25, -0.2) is 0 Å². The average molecular weight is 311 g/mol. The summed E-state index contributed by atoms with van der Waals surface area (Å²) in [4.78, 5) is 0. The highest BCUT2D eigenvalue weighted by Crippen LogP contribution is 2.30. The minimum Gasteiger partial charge on any atom is -0.496 e. The second kappa shape index (κ2) is 6.49.